The number of nitro benzene ring substituents is 2. The number of nitro groups is 2. The van der Waals surface area contributed by atoms with Crippen LogP contribution < -0.4 is 10.3 Å². The molecule has 0 radical (unpaired) electrons. The molecular weight excluding hydrogens is 388 g/mol. The topological polar surface area (TPSA) is 138 Å². The second-order valence-electron chi connectivity index (χ2n) is 5.57. The Kier molecular flexibility index (Phi) is 5.27. The fourth-order valence-corrected chi connectivity index (χ4v) is 3.19. The van der Waals surface area contributed by atoms with Gasteiger partial charge in [-0.15, -0.1) is 11.3 Å². The van der Waals surface area contributed by atoms with E-state index in [1.807, 2.05) is 0 Å². The Bertz CT molecular complexity index is 1030. The van der Waals surface area contributed by atoms with Gasteiger partial charge in [-0.3, -0.25) is 25.0 Å². The van der Waals surface area contributed by atoms with Gasteiger partial charge in [0.2, 0.25) is 5.91 Å². The van der Waals surface area contributed by atoms with Gasteiger partial charge in [0.1, 0.15) is 5.01 Å². The van der Waals surface area contributed by atoms with Crippen molar-refractivity contribution in [1.82, 2.24) is 10.5 Å². The van der Waals surface area contributed by atoms with E-state index in [0.29, 0.717) is 21.2 Å². The van der Waals surface area contributed by atoms with Gasteiger partial charge in [0.05, 0.1) is 20.8 Å². The molecule has 0 saturated heterocycles. The van der Waals surface area contributed by atoms with E-state index >= 15 is 0 Å². The van der Waals surface area contributed by atoms with Gasteiger partial charge in [-0.05, 0) is 24.3 Å². The minimum atomic E-state index is -0.674. The Morgan fingerprint density at radius 2 is 1.64 bits per heavy atom. The van der Waals surface area contributed by atoms with E-state index in [2.05, 4.69) is 10.5 Å². The Morgan fingerprint density at radius 3 is 2.18 bits per heavy atom. The van der Waals surface area contributed by atoms with E-state index in [1.165, 1.54) is 36.6 Å². The largest absolute Gasteiger partial charge is 0.380 e. The lowest BCUT2D eigenvalue weighted by Crippen LogP contribution is -2.23. The summed E-state index contributed by atoms with van der Waals surface area (Å²) in [6.07, 6.45) is 1.50. The minimum absolute atomic E-state index is 0.334. The second kappa shape index (κ2) is 7.80. The summed E-state index contributed by atoms with van der Waals surface area (Å²) in [5, 5.41) is 22.7. The molecule has 0 spiro atoms. The summed E-state index contributed by atoms with van der Waals surface area (Å²) in [6, 6.07) is 10.2. The fourth-order valence-electron chi connectivity index (χ4n) is 2.29. The molecule has 0 aliphatic rings. The predicted octanol–water partition coefficient (Wildman–Crippen LogP) is 3.72. The molecule has 2 aromatic carbocycles. The normalized spacial score (nSPS) is 10.3. The summed E-state index contributed by atoms with van der Waals surface area (Å²) in [5.74, 6) is 0.102. The standard InChI is InChI=1S/C17H12N4O6S/c1-10(22)19-27-15-4-2-11(3-5-15)17-18-9-16(28-17)12-6-13(20(23)24)8-14(7-12)21(25)26/h2-9H,1H3,(H,19,22). The van der Waals surface area contributed by atoms with E-state index in [0.717, 1.165) is 11.6 Å². The highest BCUT2D eigenvalue weighted by molar-refractivity contribution is 7.18. The third-order valence-electron chi connectivity index (χ3n) is 3.53. The van der Waals surface area contributed by atoms with Crippen molar-refractivity contribution in [3.63, 3.8) is 0 Å². The number of nitrogens with zero attached hydrogens (tertiary/aromatic N) is 3. The highest BCUT2D eigenvalue weighted by atomic mass is 32.1. The van der Waals surface area contributed by atoms with Crippen LogP contribution in [0.2, 0.25) is 0 Å². The third kappa shape index (κ3) is 4.27. The highest BCUT2D eigenvalue weighted by Crippen LogP contribution is 2.36. The zero-order valence-electron chi connectivity index (χ0n) is 14.3. The number of hydrogen-bond acceptors (Lipinski definition) is 8. The summed E-state index contributed by atoms with van der Waals surface area (Å²) in [6.45, 7) is 1.32. The number of nitrogens with one attached hydrogen (secondary N) is 1. The molecule has 0 unspecified atom stereocenters. The van der Waals surface area contributed by atoms with Gasteiger partial charge < -0.3 is 4.84 Å². The molecule has 1 N–H and O–H groups in total. The van der Waals surface area contributed by atoms with Crippen molar-refractivity contribution in [3.05, 3.63) is 68.9 Å². The third-order valence-corrected chi connectivity index (χ3v) is 4.62. The van der Waals surface area contributed by atoms with Crippen molar-refractivity contribution < 1.29 is 19.5 Å². The fraction of sp³-hybridized carbons (Fsp3) is 0.0588. The van der Waals surface area contributed by atoms with E-state index < -0.39 is 9.85 Å². The van der Waals surface area contributed by atoms with Gasteiger partial charge >= 0.3 is 0 Å². The molecule has 142 valence electrons. The maximum absolute atomic E-state index is 11.0. The van der Waals surface area contributed by atoms with Gasteiger partial charge in [0.25, 0.3) is 11.4 Å². The SMILES string of the molecule is CC(=O)NOc1ccc(-c2ncc(-c3cc([N+](=O)[O-])cc([N+](=O)[O-])c3)s2)cc1. The maximum atomic E-state index is 11.0. The van der Waals surface area contributed by atoms with Crippen LogP contribution in [-0.2, 0) is 4.79 Å². The summed E-state index contributed by atoms with van der Waals surface area (Å²) in [5.41, 5.74) is 2.59. The first-order valence-corrected chi connectivity index (χ1v) is 8.59. The number of thiazole rings is 1. The minimum Gasteiger partial charge on any atom is -0.380 e. The number of hydrogen-bond donors (Lipinski definition) is 1. The van der Waals surface area contributed by atoms with Gasteiger partial charge in [0, 0.05) is 36.4 Å². The Labute approximate surface area is 161 Å². The number of carbonyl (C=O) groups is 1. The lowest BCUT2D eigenvalue weighted by atomic mass is 10.1. The number of amides is 1. The monoisotopic (exact) mass is 400 g/mol. The summed E-state index contributed by atoms with van der Waals surface area (Å²) < 4.78 is 0. The average molecular weight is 400 g/mol. The van der Waals surface area contributed by atoms with Crippen LogP contribution in [-0.4, -0.2) is 20.7 Å². The molecule has 0 bridgehead atoms. The first-order chi connectivity index (χ1) is 13.3. The van der Waals surface area contributed by atoms with Gasteiger partial charge in [-0.2, -0.15) is 5.48 Å². The van der Waals surface area contributed by atoms with Crippen LogP contribution in [0.5, 0.6) is 5.75 Å². The van der Waals surface area contributed by atoms with Crippen LogP contribution in [0.3, 0.4) is 0 Å². The van der Waals surface area contributed by atoms with Crippen LogP contribution in [0.4, 0.5) is 11.4 Å². The van der Waals surface area contributed by atoms with Crippen molar-refractivity contribution >= 4 is 28.6 Å². The first kappa shape index (κ1) is 18.9. The molecule has 3 aromatic rings. The van der Waals surface area contributed by atoms with Gasteiger partial charge in [-0.25, -0.2) is 4.98 Å². The molecule has 3 rings (SSSR count). The van der Waals surface area contributed by atoms with Crippen LogP contribution in [0.15, 0.2) is 48.7 Å². The number of non-ortho nitro benzene ring substituents is 2. The van der Waals surface area contributed by atoms with Crippen molar-refractivity contribution in [1.29, 1.82) is 0 Å². The maximum Gasteiger partial charge on any atom is 0.276 e. The van der Waals surface area contributed by atoms with Crippen LogP contribution in [0, 0.1) is 20.2 Å². The zero-order chi connectivity index (χ0) is 20.3. The molecule has 10 nitrogen and oxygen atoms in total. The zero-order valence-corrected chi connectivity index (χ0v) is 15.1. The van der Waals surface area contributed by atoms with Gasteiger partial charge in [0.15, 0.2) is 5.75 Å². The molecular formula is C17H12N4O6S. The summed E-state index contributed by atoms with van der Waals surface area (Å²) in [7, 11) is 0. The lowest BCUT2D eigenvalue weighted by molar-refractivity contribution is -0.394. The van der Waals surface area contributed by atoms with Gasteiger partial charge in [-0.1, -0.05) is 0 Å². The molecule has 0 fully saturated rings. The van der Waals surface area contributed by atoms with E-state index in [-0.39, 0.29) is 17.3 Å². The number of benzene rings is 2. The number of aromatic nitrogens is 1. The Hall–Kier alpha value is -3.86. The Balaban J connectivity index is 1.89. The molecule has 0 aliphatic heterocycles. The molecule has 1 heterocycles. The molecule has 0 atom stereocenters. The summed E-state index contributed by atoms with van der Waals surface area (Å²) >= 11 is 1.24. The Morgan fingerprint density at radius 1 is 1.04 bits per heavy atom. The van der Waals surface area contributed by atoms with E-state index in [4.69, 9.17) is 4.84 Å². The first-order valence-electron chi connectivity index (χ1n) is 7.77. The molecule has 1 amide bonds. The number of rotatable bonds is 6. The van der Waals surface area contributed by atoms with Crippen molar-refractivity contribution in [2.45, 2.75) is 6.92 Å². The quantitative estimate of drug-likeness (QED) is 0.491. The number of carbonyl (C=O) groups excluding carboxylic acids is 1. The summed E-state index contributed by atoms with van der Waals surface area (Å²) in [4.78, 5) is 41.5. The second-order valence-corrected chi connectivity index (χ2v) is 6.60. The molecule has 0 aliphatic carbocycles. The van der Waals surface area contributed by atoms with Crippen LogP contribution >= 0.6 is 11.3 Å². The number of hydroxylamine groups is 1. The van der Waals surface area contributed by atoms with E-state index in [9.17, 15) is 25.0 Å². The molecule has 1 aromatic heterocycles. The smallest absolute Gasteiger partial charge is 0.276 e. The molecule has 11 heteroatoms. The predicted molar refractivity (Wildman–Crippen MR) is 101 cm³/mol. The van der Waals surface area contributed by atoms with Crippen LogP contribution in [0.1, 0.15) is 6.92 Å². The van der Waals surface area contributed by atoms with Crippen molar-refractivity contribution in [2.24, 2.45) is 0 Å². The lowest BCUT2D eigenvalue weighted by Gasteiger charge is -2.04. The van der Waals surface area contributed by atoms with Crippen LogP contribution in [0.25, 0.3) is 21.0 Å². The average Bonchev–Trinajstić information content (AvgIpc) is 3.16. The van der Waals surface area contributed by atoms with Crippen molar-refractivity contribution in [2.75, 3.05) is 0 Å². The highest BCUT2D eigenvalue weighted by Gasteiger charge is 2.18. The molecule has 0 saturated carbocycles. The molecule has 28 heavy (non-hydrogen) atoms. The van der Waals surface area contributed by atoms with Crippen molar-refractivity contribution in [3.8, 4) is 26.8 Å². The van der Waals surface area contributed by atoms with E-state index in [1.54, 1.807) is 24.3 Å².